The molecule has 2 unspecified atom stereocenters. The highest BCUT2D eigenvalue weighted by Crippen LogP contribution is 2.20. The van der Waals surface area contributed by atoms with Gasteiger partial charge in [0.2, 0.25) is 0 Å². The molecule has 1 saturated heterocycles. The first-order valence-electron chi connectivity index (χ1n) is 5.63. The Hall–Kier alpha value is -0.450. The normalized spacial score (nSPS) is 23.9. The molecule has 1 N–H and O–H groups in total. The Kier molecular flexibility index (Phi) is 4.11. The van der Waals surface area contributed by atoms with Crippen molar-refractivity contribution in [2.24, 2.45) is 0 Å². The lowest BCUT2D eigenvalue weighted by atomic mass is 10.1. The van der Waals surface area contributed by atoms with E-state index in [1.165, 1.54) is 17.8 Å². The van der Waals surface area contributed by atoms with E-state index in [1.807, 2.05) is 11.6 Å². The van der Waals surface area contributed by atoms with Crippen LogP contribution < -0.4 is 5.32 Å². The number of hydrogen-bond donors (Lipinski definition) is 1. The molecule has 4 heteroatoms. The van der Waals surface area contributed by atoms with E-state index < -0.39 is 0 Å². The quantitative estimate of drug-likeness (QED) is 0.856. The lowest BCUT2D eigenvalue weighted by Crippen LogP contribution is -2.38. The Morgan fingerprint density at radius 2 is 2.67 bits per heavy atom. The van der Waals surface area contributed by atoms with Gasteiger partial charge in [0, 0.05) is 24.2 Å². The van der Waals surface area contributed by atoms with E-state index in [0.29, 0.717) is 12.1 Å². The third-order valence-corrected chi connectivity index (χ3v) is 3.64. The molecule has 1 aliphatic rings. The molecule has 1 aromatic heterocycles. The minimum absolute atomic E-state index is 0.400. The summed E-state index contributed by atoms with van der Waals surface area (Å²) in [6.07, 6.45) is 5.36. The lowest BCUT2D eigenvalue weighted by molar-refractivity contribution is 0.0661. The predicted octanol–water partition coefficient (Wildman–Crippen LogP) is 2.36. The third kappa shape index (κ3) is 3.00. The molecule has 0 saturated carbocycles. The molecule has 1 aliphatic heterocycles. The zero-order valence-electron chi connectivity index (χ0n) is 9.11. The molecule has 84 valence electrons. The number of nitrogens with one attached hydrogen (secondary N) is 1. The molecule has 1 fully saturated rings. The molecule has 15 heavy (non-hydrogen) atoms. The minimum Gasteiger partial charge on any atom is -0.380 e. The first-order chi connectivity index (χ1) is 7.40. The maximum Gasteiger partial charge on any atom is 0.109 e. The molecule has 2 rings (SSSR count). The standard InChI is InChI=1S/C11H18N2OS/c1-2-10(11-12-5-7-15-11)13-9-4-3-6-14-8-9/h5,7,9-10,13H,2-4,6,8H2,1H3. The SMILES string of the molecule is CCC(NC1CCCOC1)c1nccs1. The van der Waals surface area contributed by atoms with Crippen LogP contribution in [0.15, 0.2) is 11.6 Å². The number of ether oxygens (including phenoxy) is 1. The zero-order valence-corrected chi connectivity index (χ0v) is 9.93. The molecular weight excluding hydrogens is 208 g/mol. The average Bonchev–Trinajstić information content (AvgIpc) is 2.81. The van der Waals surface area contributed by atoms with Crippen LogP contribution >= 0.6 is 11.3 Å². The van der Waals surface area contributed by atoms with Crippen LogP contribution in [0.4, 0.5) is 0 Å². The number of nitrogens with zero attached hydrogens (tertiary/aromatic N) is 1. The number of aromatic nitrogens is 1. The number of thiazole rings is 1. The van der Waals surface area contributed by atoms with Gasteiger partial charge in [0.05, 0.1) is 12.6 Å². The van der Waals surface area contributed by atoms with Gasteiger partial charge in [0.25, 0.3) is 0 Å². The molecular formula is C11H18N2OS. The Bertz CT molecular complexity index is 270. The largest absolute Gasteiger partial charge is 0.380 e. The zero-order chi connectivity index (χ0) is 10.5. The van der Waals surface area contributed by atoms with Gasteiger partial charge >= 0.3 is 0 Å². The second-order valence-corrected chi connectivity index (χ2v) is 4.84. The van der Waals surface area contributed by atoms with E-state index in [-0.39, 0.29) is 0 Å². The fourth-order valence-electron chi connectivity index (χ4n) is 1.93. The fraction of sp³-hybridized carbons (Fsp3) is 0.727. The van der Waals surface area contributed by atoms with Crippen molar-refractivity contribution < 1.29 is 4.74 Å². The summed E-state index contributed by atoms with van der Waals surface area (Å²) in [5, 5.41) is 6.87. The topological polar surface area (TPSA) is 34.1 Å². The van der Waals surface area contributed by atoms with E-state index in [1.54, 1.807) is 11.3 Å². The van der Waals surface area contributed by atoms with Crippen molar-refractivity contribution in [3.05, 3.63) is 16.6 Å². The van der Waals surface area contributed by atoms with Crippen molar-refractivity contribution >= 4 is 11.3 Å². The summed E-state index contributed by atoms with van der Waals surface area (Å²) in [7, 11) is 0. The molecule has 3 nitrogen and oxygen atoms in total. The summed E-state index contributed by atoms with van der Waals surface area (Å²) >= 11 is 1.73. The summed E-state index contributed by atoms with van der Waals surface area (Å²) in [5.41, 5.74) is 0. The van der Waals surface area contributed by atoms with Crippen molar-refractivity contribution in [3.63, 3.8) is 0 Å². The van der Waals surface area contributed by atoms with Gasteiger partial charge in [-0.2, -0.15) is 0 Å². The van der Waals surface area contributed by atoms with Gasteiger partial charge in [-0.25, -0.2) is 4.98 Å². The van der Waals surface area contributed by atoms with E-state index in [4.69, 9.17) is 4.74 Å². The molecule has 0 aromatic carbocycles. The molecule has 1 aromatic rings. The van der Waals surface area contributed by atoms with E-state index >= 15 is 0 Å². The van der Waals surface area contributed by atoms with Gasteiger partial charge in [0.1, 0.15) is 5.01 Å². The van der Waals surface area contributed by atoms with E-state index in [9.17, 15) is 0 Å². The Morgan fingerprint density at radius 3 is 3.27 bits per heavy atom. The summed E-state index contributed by atoms with van der Waals surface area (Å²) < 4.78 is 5.47. The van der Waals surface area contributed by atoms with Gasteiger partial charge in [0.15, 0.2) is 0 Å². The summed E-state index contributed by atoms with van der Waals surface area (Å²) in [6, 6.07) is 0.907. The second kappa shape index (κ2) is 5.58. The second-order valence-electron chi connectivity index (χ2n) is 3.91. The highest BCUT2D eigenvalue weighted by atomic mass is 32.1. The molecule has 0 amide bonds. The number of hydrogen-bond acceptors (Lipinski definition) is 4. The minimum atomic E-state index is 0.400. The maximum atomic E-state index is 5.47. The highest BCUT2D eigenvalue weighted by Gasteiger charge is 2.19. The third-order valence-electron chi connectivity index (χ3n) is 2.75. The summed E-state index contributed by atoms with van der Waals surface area (Å²) in [5.74, 6) is 0. The molecule has 0 spiro atoms. The van der Waals surface area contributed by atoms with Crippen LogP contribution in [-0.2, 0) is 4.74 Å². The Morgan fingerprint density at radius 1 is 1.73 bits per heavy atom. The van der Waals surface area contributed by atoms with Crippen LogP contribution in [0, 0.1) is 0 Å². The van der Waals surface area contributed by atoms with Crippen LogP contribution in [0.2, 0.25) is 0 Å². The van der Waals surface area contributed by atoms with Crippen molar-refractivity contribution in [1.29, 1.82) is 0 Å². The molecule has 0 bridgehead atoms. The molecule has 2 heterocycles. The summed E-state index contributed by atoms with van der Waals surface area (Å²) in [4.78, 5) is 4.37. The Balaban J connectivity index is 1.90. The molecule has 0 radical (unpaired) electrons. The summed E-state index contributed by atoms with van der Waals surface area (Å²) in [6.45, 7) is 3.97. The monoisotopic (exact) mass is 226 g/mol. The van der Waals surface area contributed by atoms with Crippen LogP contribution in [0.5, 0.6) is 0 Å². The molecule has 0 aliphatic carbocycles. The lowest BCUT2D eigenvalue weighted by Gasteiger charge is -2.27. The fourth-order valence-corrected chi connectivity index (χ4v) is 2.71. The van der Waals surface area contributed by atoms with Gasteiger partial charge in [-0.05, 0) is 19.3 Å². The van der Waals surface area contributed by atoms with Crippen LogP contribution in [0.25, 0.3) is 0 Å². The predicted molar refractivity (Wildman–Crippen MR) is 62.1 cm³/mol. The average molecular weight is 226 g/mol. The van der Waals surface area contributed by atoms with Crippen molar-refractivity contribution in [1.82, 2.24) is 10.3 Å². The first-order valence-corrected chi connectivity index (χ1v) is 6.51. The smallest absolute Gasteiger partial charge is 0.109 e. The van der Waals surface area contributed by atoms with E-state index in [0.717, 1.165) is 19.6 Å². The van der Waals surface area contributed by atoms with Crippen LogP contribution in [0.1, 0.15) is 37.2 Å². The maximum absolute atomic E-state index is 5.47. The van der Waals surface area contributed by atoms with Crippen molar-refractivity contribution in [2.75, 3.05) is 13.2 Å². The van der Waals surface area contributed by atoms with E-state index in [2.05, 4.69) is 17.2 Å². The Labute approximate surface area is 94.9 Å². The van der Waals surface area contributed by atoms with Crippen LogP contribution in [-0.4, -0.2) is 24.2 Å². The van der Waals surface area contributed by atoms with Crippen molar-refractivity contribution in [3.8, 4) is 0 Å². The highest BCUT2D eigenvalue weighted by molar-refractivity contribution is 7.09. The number of rotatable bonds is 4. The van der Waals surface area contributed by atoms with Gasteiger partial charge in [-0.1, -0.05) is 6.92 Å². The molecule has 2 atom stereocenters. The van der Waals surface area contributed by atoms with Gasteiger partial charge in [-0.15, -0.1) is 11.3 Å². The first kappa shape index (κ1) is 11.0. The van der Waals surface area contributed by atoms with Crippen molar-refractivity contribution in [2.45, 2.75) is 38.3 Å². The van der Waals surface area contributed by atoms with Crippen LogP contribution in [0.3, 0.4) is 0 Å². The van der Waals surface area contributed by atoms with Gasteiger partial charge in [-0.3, -0.25) is 0 Å². The van der Waals surface area contributed by atoms with Gasteiger partial charge < -0.3 is 10.1 Å².